The Labute approximate surface area is 102 Å². The fourth-order valence-electron chi connectivity index (χ4n) is 1.73. The molecular weight excluding hydrogens is 220 g/mol. The van der Waals surface area contributed by atoms with Gasteiger partial charge in [-0.1, -0.05) is 20.3 Å². The van der Waals surface area contributed by atoms with E-state index in [0.29, 0.717) is 12.5 Å². The number of carbonyl (C=O) groups is 2. The van der Waals surface area contributed by atoms with E-state index in [-0.39, 0.29) is 6.03 Å². The van der Waals surface area contributed by atoms with Gasteiger partial charge in [0.25, 0.3) is 0 Å². The summed E-state index contributed by atoms with van der Waals surface area (Å²) in [6, 6.07) is -0.673. The molecule has 0 radical (unpaired) electrons. The third-order valence-corrected chi connectivity index (χ3v) is 3.01. The smallest absolute Gasteiger partial charge is 0.326 e. The molecule has 2 N–H and O–H groups in total. The monoisotopic (exact) mass is 242 g/mol. The summed E-state index contributed by atoms with van der Waals surface area (Å²) in [4.78, 5) is 24.6. The van der Waals surface area contributed by atoms with Crippen LogP contribution in [-0.2, 0) is 4.79 Å². The van der Waals surface area contributed by atoms with E-state index < -0.39 is 12.0 Å². The molecule has 0 aromatic heterocycles. The predicted octanol–water partition coefficient (Wildman–Crippen LogP) is 1.82. The fourth-order valence-corrected chi connectivity index (χ4v) is 1.73. The number of aliphatic carboxylic acids is 1. The van der Waals surface area contributed by atoms with Gasteiger partial charge in [0.05, 0.1) is 0 Å². The van der Waals surface area contributed by atoms with Crippen LogP contribution in [0.4, 0.5) is 4.79 Å². The first-order valence-corrected chi connectivity index (χ1v) is 6.40. The Hall–Kier alpha value is -1.26. The lowest BCUT2D eigenvalue weighted by molar-refractivity contribution is -0.139. The molecule has 5 heteroatoms. The van der Waals surface area contributed by atoms with Gasteiger partial charge in [-0.3, -0.25) is 0 Å². The molecule has 0 aromatic carbocycles. The van der Waals surface area contributed by atoms with E-state index >= 15 is 0 Å². The van der Waals surface area contributed by atoms with Gasteiger partial charge in [-0.25, -0.2) is 9.59 Å². The lowest BCUT2D eigenvalue weighted by atomic mass is 10.2. The molecule has 0 aromatic rings. The first kappa shape index (κ1) is 13.8. The van der Waals surface area contributed by atoms with E-state index in [1.165, 1.54) is 0 Å². The van der Waals surface area contributed by atoms with E-state index in [1.807, 2.05) is 0 Å². The molecule has 17 heavy (non-hydrogen) atoms. The number of rotatable bonds is 7. The van der Waals surface area contributed by atoms with E-state index in [1.54, 1.807) is 11.8 Å². The van der Waals surface area contributed by atoms with Crippen LogP contribution < -0.4 is 5.32 Å². The first-order chi connectivity index (χ1) is 8.10. The highest BCUT2D eigenvalue weighted by Crippen LogP contribution is 2.27. The minimum atomic E-state index is -0.966. The number of urea groups is 1. The van der Waals surface area contributed by atoms with E-state index in [4.69, 9.17) is 5.11 Å². The zero-order valence-electron chi connectivity index (χ0n) is 10.6. The largest absolute Gasteiger partial charge is 0.480 e. The summed E-state index contributed by atoms with van der Waals surface area (Å²) >= 11 is 0. The van der Waals surface area contributed by atoms with Gasteiger partial charge in [0.2, 0.25) is 0 Å². The van der Waals surface area contributed by atoms with Crippen LogP contribution >= 0.6 is 0 Å². The Morgan fingerprint density at radius 3 is 2.47 bits per heavy atom. The lowest BCUT2D eigenvalue weighted by Gasteiger charge is -2.24. The molecule has 0 bridgehead atoms. The normalized spacial score (nSPS) is 16.4. The maximum atomic E-state index is 12.0. The van der Waals surface area contributed by atoms with Crippen LogP contribution in [0.25, 0.3) is 0 Å². The van der Waals surface area contributed by atoms with Gasteiger partial charge in [0, 0.05) is 12.6 Å². The minimum absolute atomic E-state index is 0.227. The van der Waals surface area contributed by atoms with Crippen LogP contribution in [0.2, 0.25) is 0 Å². The van der Waals surface area contributed by atoms with Crippen molar-refractivity contribution in [3.63, 3.8) is 0 Å². The van der Waals surface area contributed by atoms with Crippen molar-refractivity contribution in [2.75, 3.05) is 6.54 Å². The number of nitrogens with one attached hydrogen (secondary N) is 1. The highest BCUT2D eigenvalue weighted by Gasteiger charge is 2.33. The lowest BCUT2D eigenvalue weighted by Crippen LogP contribution is -2.48. The molecule has 1 fully saturated rings. The zero-order valence-corrected chi connectivity index (χ0v) is 10.6. The number of unbranched alkanes of at least 4 members (excludes halogenated alkanes) is 1. The number of carboxylic acid groups (broad SMARTS) is 1. The summed E-state index contributed by atoms with van der Waals surface area (Å²) in [7, 11) is 0. The number of amides is 2. The van der Waals surface area contributed by atoms with Crippen molar-refractivity contribution < 1.29 is 14.7 Å². The predicted molar refractivity (Wildman–Crippen MR) is 64.9 cm³/mol. The minimum Gasteiger partial charge on any atom is -0.480 e. The first-order valence-electron chi connectivity index (χ1n) is 6.40. The zero-order chi connectivity index (χ0) is 12.8. The summed E-state index contributed by atoms with van der Waals surface area (Å²) in [5.41, 5.74) is 0. The van der Waals surface area contributed by atoms with Crippen molar-refractivity contribution in [2.45, 2.75) is 58.0 Å². The second-order valence-corrected chi connectivity index (χ2v) is 4.53. The number of carboxylic acids is 1. The third-order valence-electron chi connectivity index (χ3n) is 3.01. The highest BCUT2D eigenvalue weighted by molar-refractivity contribution is 5.82. The maximum Gasteiger partial charge on any atom is 0.326 e. The molecule has 1 aliphatic carbocycles. The molecule has 98 valence electrons. The van der Waals surface area contributed by atoms with E-state index in [2.05, 4.69) is 12.2 Å². The van der Waals surface area contributed by atoms with Crippen molar-refractivity contribution in [3.05, 3.63) is 0 Å². The van der Waals surface area contributed by atoms with Crippen molar-refractivity contribution in [3.8, 4) is 0 Å². The molecule has 0 spiro atoms. The third kappa shape index (κ3) is 4.24. The number of hydrogen-bond acceptors (Lipinski definition) is 2. The molecule has 0 saturated heterocycles. The van der Waals surface area contributed by atoms with Crippen molar-refractivity contribution >= 4 is 12.0 Å². The van der Waals surface area contributed by atoms with Crippen LogP contribution in [0.5, 0.6) is 0 Å². The summed E-state index contributed by atoms with van der Waals surface area (Å²) in [6.45, 7) is 4.56. The molecule has 1 unspecified atom stereocenters. The standard InChI is InChI=1S/C12H22N2O3/c1-3-5-8-14(9-6-7-9)12(17)13-10(4-2)11(15)16/h9-10H,3-8H2,1-2H3,(H,13,17)(H,15,16). The molecule has 2 amide bonds. The number of hydrogen-bond donors (Lipinski definition) is 2. The second-order valence-electron chi connectivity index (χ2n) is 4.53. The van der Waals surface area contributed by atoms with Crippen LogP contribution in [0, 0.1) is 0 Å². The molecule has 5 nitrogen and oxygen atoms in total. The van der Waals surface area contributed by atoms with Crippen LogP contribution in [0.1, 0.15) is 46.0 Å². The molecule has 1 saturated carbocycles. The van der Waals surface area contributed by atoms with Crippen molar-refractivity contribution in [1.82, 2.24) is 10.2 Å². The van der Waals surface area contributed by atoms with Crippen LogP contribution in [0.15, 0.2) is 0 Å². The quantitative estimate of drug-likeness (QED) is 0.715. The van der Waals surface area contributed by atoms with E-state index in [9.17, 15) is 9.59 Å². The molecular formula is C12H22N2O3. The average Bonchev–Trinajstić information content (AvgIpc) is 3.10. The van der Waals surface area contributed by atoms with Crippen molar-refractivity contribution in [1.29, 1.82) is 0 Å². The molecule has 0 heterocycles. The number of carbonyl (C=O) groups excluding carboxylic acids is 1. The van der Waals surface area contributed by atoms with Gasteiger partial charge < -0.3 is 15.3 Å². The maximum absolute atomic E-state index is 12.0. The summed E-state index contributed by atoms with van der Waals surface area (Å²) in [6.07, 6.45) is 4.50. The molecule has 1 aliphatic rings. The topological polar surface area (TPSA) is 69.6 Å². The Morgan fingerprint density at radius 2 is 2.06 bits per heavy atom. The average molecular weight is 242 g/mol. The Morgan fingerprint density at radius 1 is 1.41 bits per heavy atom. The van der Waals surface area contributed by atoms with Gasteiger partial charge in [-0.15, -0.1) is 0 Å². The summed E-state index contributed by atoms with van der Waals surface area (Å²) < 4.78 is 0. The van der Waals surface area contributed by atoms with Gasteiger partial charge in [0.1, 0.15) is 6.04 Å². The summed E-state index contributed by atoms with van der Waals surface area (Å²) in [5, 5.41) is 11.5. The van der Waals surface area contributed by atoms with Gasteiger partial charge >= 0.3 is 12.0 Å². The second kappa shape index (κ2) is 6.47. The van der Waals surface area contributed by atoms with Gasteiger partial charge in [-0.2, -0.15) is 0 Å². The Balaban J connectivity index is 2.49. The molecule has 0 aliphatic heterocycles. The fraction of sp³-hybridized carbons (Fsp3) is 0.833. The summed E-state index contributed by atoms with van der Waals surface area (Å²) in [5.74, 6) is -0.966. The molecule has 1 atom stereocenters. The van der Waals surface area contributed by atoms with Gasteiger partial charge in [-0.05, 0) is 25.7 Å². The SMILES string of the molecule is CCCCN(C(=O)NC(CC)C(=O)O)C1CC1. The van der Waals surface area contributed by atoms with Crippen molar-refractivity contribution in [2.24, 2.45) is 0 Å². The van der Waals surface area contributed by atoms with Crippen LogP contribution in [0.3, 0.4) is 0 Å². The van der Waals surface area contributed by atoms with Gasteiger partial charge in [0.15, 0.2) is 0 Å². The van der Waals surface area contributed by atoms with E-state index in [0.717, 1.165) is 32.2 Å². The molecule has 1 rings (SSSR count). The number of nitrogens with zero attached hydrogens (tertiary/aromatic N) is 1. The Kier molecular flexibility index (Phi) is 5.25. The van der Waals surface area contributed by atoms with Crippen LogP contribution in [-0.4, -0.2) is 40.6 Å². The highest BCUT2D eigenvalue weighted by atomic mass is 16.4. The Bertz CT molecular complexity index is 277.